The van der Waals surface area contributed by atoms with Gasteiger partial charge in [0.25, 0.3) is 11.8 Å². The van der Waals surface area contributed by atoms with E-state index in [0.29, 0.717) is 44.6 Å². The summed E-state index contributed by atoms with van der Waals surface area (Å²) >= 11 is 1.21. The Balaban J connectivity index is 1.37. The molecule has 3 aromatic carbocycles. The normalized spacial score (nSPS) is 12.6. The fraction of sp³-hybridized carbons (Fsp3) is 0.306. The largest absolute Gasteiger partial charge is 0.444 e. The van der Waals surface area contributed by atoms with Gasteiger partial charge in [0.1, 0.15) is 10.5 Å². The molecule has 1 fully saturated rings. The Morgan fingerprint density at radius 2 is 1.64 bits per heavy atom. The van der Waals surface area contributed by atoms with Gasteiger partial charge in [-0.25, -0.2) is 9.78 Å². The van der Waals surface area contributed by atoms with Gasteiger partial charge in [0.05, 0.1) is 12.2 Å². The maximum absolute atomic E-state index is 13.6. The van der Waals surface area contributed by atoms with E-state index < -0.39 is 11.7 Å². The summed E-state index contributed by atoms with van der Waals surface area (Å²) in [6, 6.07) is 22.6. The lowest BCUT2D eigenvalue weighted by Gasteiger charge is -2.19. The first-order valence-corrected chi connectivity index (χ1v) is 16.3. The Kier molecular flexibility index (Phi) is 10.4. The minimum absolute atomic E-state index is 0.0727. The van der Waals surface area contributed by atoms with Crippen LogP contribution in [0.3, 0.4) is 0 Å². The monoisotopic (exact) mass is 653 g/mol. The summed E-state index contributed by atoms with van der Waals surface area (Å²) in [4.78, 5) is 56.2. The average molecular weight is 654 g/mol. The van der Waals surface area contributed by atoms with Crippen LogP contribution in [0.1, 0.15) is 70.3 Å². The first-order valence-electron chi connectivity index (χ1n) is 15.5. The molecule has 0 radical (unpaired) electrons. The van der Waals surface area contributed by atoms with Gasteiger partial charge in [-0.15, -0.1) is 0 Å². The van der Waals surface area contributed by atoms with Crippen molar-refractivity contribution in [2.24, 2.45) is 0 Å². The highest BCUT2D eigenvalue weighted by atomic mass is 32.1. The minimum atomic E-state index is -0.667. The van der Waals surface area contributed by atoms with Gasteiger partial charge in [0.2, 0.25) is 0 Å². The zero-order chi connectivity index (χ0) is 33.6. The van der Waals surface area contributed by atoms with E-state index in [4.69, 9.17) is 9.72 Å². The number of hydrogen-bond donors (Lipinski definition) is 4. The number of thiazole rings is 1. The summed E-state index contributed by atoms with van der Waals surface area (Å²) in [5.74, 6) is -0.605. The molecule has 47 heavy (non-hydrogen) atoms. The highest BCUT2D eigenvalue weighted by Gasteiger charge is 2.25. The van der Waals surface area contributed by atoms with Crippen molar-refractivity contribution < 1.29 is 23.9 Å². The van der Waals surface area contributed by atoms with Gasteiger partial charge in [0.15, 0.2) is 10.9 Å². The van der Waals surface area contributed by atoms with Crippen LogP contribution in [0.5, 0.6) is 0 Å². The summed E-state index contributed by atoms with van der Waals surface area (Å²) in [6.45, 7) is 7.36. The second-order valence-electron chi connectivity index (χ2n) is 12.5. The molecule has 1 aliphatic rings. The zero-order valence-corrected chi connectivity index (χ0v) is 27.8. The fourth-order valence-electron chi connectivity index (χ4n) is 4.69. The van der Waals surface area contributed by atoms with Crippen molar-refractivity contribution in [3.8, 4) is 11.3 Å². The van der Waals surface area contributed by atoms with Crippen LogP contribution < -0.4 is 21.3 Å². The number of alkyl carbamates (subject to hydrolysis) is 1. The van der Waals surface area contributed by atoms with Crippen LogP contribution in [-0.4, -0.2) is 46.9 Å². The molecule has 1 aromatic heterocycles. The molecule has 0 spiro atoms. The number of hydrogen-bond acceptors (Lipinski definition) is 8. The summed E-state index contributed by atoms with van der Waals surface area (Å²) in [7, 11) is 0. The number of carbonyl (C=O) groups excluding carboxylic acids is 4. The zero-order valence-electron chi connectivity index (χ0n) is 26.9. The molecule has 0 atom stereocenters. The maximum Gasteiger partial charge on any atom is 0.408 e. The average Bonchev–Trinajstić information content (AvgIpc) is 3.75. The van der Waals surface area contributed by atoms with E-state index in [1.165, 1.54) is 11.3 Å². The maximum atomic E-state index is 13.6. The van der Waals surface area contributed by atoms with Crippen LogP contribution in [0.15, 0.2) is 72.8 Å². The van der Waals surface area contributed by atoms with Crippen LogP contribution in [0.25, 0.3) is 11.3 Å². The van der Waals surface area contributed by atoms with Crippen molar-refractivity contribution >= 4 is 45.8 Å². The predicted molar refractivity (Wildman–Crippen MR) is 183 cm³/mol. The predicted octanol–water partition coefficient (Wildman–Crippen LogP) is 6.32. The number of Topliss-reactive ketones (excluding diaryl/α,β-unsaturated/α-hetero) is 1. The lowest BCUT2D eigenvalue weighted by atomic mass is 10.0. The molecule has 1 heterocycles. The summed E-state index contributed by atoms with van der Waals surface area (Å²) in [5, 5.41) is 12.3. The van der Waals surface area contributed by atoms with Crippen molar-refractivity contribution in [1.82, 2.24) is 20.9 Å². The number of aryl methyl sites for hydroxylation is 1. The van der Waals surface area contributed by atoms with E-state index in [-0.39, 0.29) is 36.6 Å². The molecule has 1 aliphatic carbocycles. The van der Waals surface area contributed by atoms with Crippen LogP contribution >= 0.6 is 11.3 Å². The standard InChI is InChI=1S/C36H39N5O5S/c1-22-13-14-26(32(43)39-27-15-16-27)19-29(22)40-34-41-30(31(47-34)33(44)37-20-23-9-6-5-7-10-23)25-12-8-11-24(17-25)18-28(42)21-38-35(45)46-36(2,3)4/h5-14,17,19,27H,15-16,18,20-21H2,1-4H3,(H,37,44)(H,38,45)(H,39,43)(H,40,41). The van der Waals surface area contributed by atoms with Gasteiger partial charge in [-0.05, 0) is 75.4 Å². The van der Waals surface area contributed by atoms with Crippen LogP contribution in [0, 0.1) is 6.92 Å². The minimum Gasteiger partial charge on any atom is -0.444 e. The van der Waals surface area contributed by atoms with Gasteiger partial charge in [-0.2, -0.15) is 0 Å². The van der Waals surface area contributed by atoms with E-state index >= 15 is 0 Å². The topological polar surface area (TPSA) is 139 Å². The van der Waals surface area contributed by atoms with Crippen molar-refractivity contribution in [3.05, 3.63) is 99.9 Å². The van der Waals surface area contributed by atoms with Gasteiger partial charge in [0, 0.05) is 35.8 Å². The number of nitrogens with zero attached hydrogens (tertiary/aromatic N) is 1. The van der Waals surface area contributed by atoms with E-state index in [1.807, 2.05) is 67.6 Å². The number of ketones is 1. The molecular weight excluding hydrogens is 614 g/mol. The lowest BCUT2D eigenvalue weighted by molar-refractivity contribution is -0.117. The third-order valence-corrected chi connectivity index (χ3v) is 8.18. The smallest absolute Gasteiger partial charge is 0.408 e. The summed E-state index contributed by atoms with van der Waals surface area (Å²) in [6.07, 6.45) is 1.41. The Morgan fingerprint density at radius 3 is 2.36 bits per heavy atom. The van der Waals surface area contributed by atoms with Gasteiger partial charge >= 0.3 is 6.09 Å². The van der Waals surface area contributed by atoms with Crippen molar-refractivity contribution in [2.45, 2.75) is 65.1 Å². The van der Waals surface area contributed by atoms with Crippen LogP contribution in [-0.2, 0) is 22.5 Å². The summed E-state index contributed by atoms with van der Waals surface area (Å²) < 4.78 is 5.21. The molecule has 0 aliphatic heterocycles. The van der Waals surface area contributed by atoms with Crippen LogP contribution in [0.2, 0.25) is 0 Å². The molecule has 244 valence electrons. The molecule has 0 bridgehead atoms. The first kappa shape index (κ1) is 33.3. The van der Waals surface area contributed by atoms with Gasteiger partial charge in [-0.1, -0.05) is 65.9 Å². The molecule has 4 aromatic rings. The number of carbonyl (C=O) groups is 4. The Labute approximate surface area is 278 Å². The Bertz CT molecular complexity index is 1780. The first-order chi connectivity index (χ1) is 22.4. The number of rotatable bonds is 12. The number of benzene rings is 3. The van der Waals surface area contributed by atoms with Crippen molar-refractivity contribution in [3.63, 3.8) is 0 Å². The quantitative estimate of drug-likeness (QED) is 0.140. The number of ether oxygens (including phenoxy) is 1. The molecule has 0 unspecified atom stereocenters. The Morgan fingerprint density at radius 1 is 0.894 bits per heavy atom. The number of anilines is 2. The summed E-state index contributed by atoms with van der Waals surface area (Å²) in [5.41, 5.74) is 4.30. The number of nitrogens with one attached hydrogen (secondary N) is 4. The van der Waals surface area contributed by atoms with E-state index in [2.05, 4.69) is 21.3 Å². The highest BCUT2D eigenvalue weighted by Crippen LogP contribution is 2.34. The fourth-order valence-corrected chi connectivity index (χ4v) is 5.61. The molecule has 1 saturated carbocycles. The SMILES string of the molecule is Cc1ccc(C(=O)NC2CC2)cc1Nc1nc(-c2cccc(CC(=O)CNC(=O)OC(C)(C)C)c2)c(C(=O)NCc2ccccc2)s1. The number of amides is 3. The van der Waals surface area contributed by atoms with E-state index in [1.54, 1.807) is 32.9 Å². The van der Waals surface area contributed by atoms with Crippen molar-refractivity contribution in [2.75, 3.05) is 11.9 Å². The third-order valence-electron chi connectivity index (χ3n) is 7.21. The molecule has 3 amide bonds. The van der Waals surface area contributed by atoms with Gasteiger partial charge < -0.3 is 26.0 Å². The molecule has 0 saturated heterocycles. The van der Waals surface area contributed by atoms with Crippen LogP contribution in [0.4, 0.5) is 15.6 Å². The third kappa shape index (κ3) is 9.73. The van der Waals surface area contributed by atoms with E-state index in [9.17, 15) is 19.2 Å². The highest BCUT2D eigenvalue weighted by molar-refractivity contribution is 7.18. The molecular formula is C36H39N5O5S. The molecule has 4 N–H and O–H groups in total. The molecule has 11 heteroatoms. The van der Waals surface area contributed by atoms with Crippen molar-refractivity contribution in [1.29, 1.82) is 0 Å². The lowest BCUT2D eigenvalue weighted by Crippen LogP contribution is -2.35. The molecule has 5 rings (SSSR count). The van der Waals surface area contributed by atoms with E-state index in [0.717, 1.165) is 24.0 Å². The second-order valence-corrected chi connectivity index (χ2v) is 13.5. The Hall–Kier alpha value is -5.03. The second kappa shape index (κ2) is 14.6. The van der Waals surface area contributed by atoms with Gasteiger partial charge in [-0.3, -0.25) is 14.4 Å². The number of aromatic nitrogens is 1. The molecule has 10 nitrogen and oxygen atoms in total.